The molecule has 2 fully saturated rings. The summed E-state index contributed by atoms with van der Waals surface area (Å²) in [5.74, 6) is 0. The van der Waals surface area contributed by atoms with Gasteiger partial charge in [-0.2, -0.15) is 4.31 Å². The van der Waals surface area contributed by atoms with E-state index in [0.717, 1.165) is 25.7 Å². The number of nitrogens with zero attached hydrogens (tertiary/aromatic N) is 1. The fourth-order valence-corrected chi connectivity index (χ4v) is 5.62. The van der Waals surface area contributed by atoms with Crippen LogP contribution in [-0.2, 0) is 14.8 Å². The summed E-state index contributed by atoms with van der Waals surface area (Å²) in [7, 11) is -3.44. The minimum absolute atomic E-state index is 0.0772. The minimum Gasteiger partial charge on any atom is -0.381 e. The number of halogens is 1. The third-order valence-electron chi connectivity index (χ3n) is 3.85. The summed E-state index contributed by atoms with van der Waals surface area (Å²) >= 11 is 3.36. The molecule has 1 heterocycles. The van der Waals surface area contributed by atoms with Gasteiger partial charge < -0.3 is 4.74 Å². The number of hydrogen-bond acceptors (Lipinski definition) is 3. The van der Waals surface area contributed by atoms with Gasteiger partial charge in [0.25, 0.3) is 0 Å². The molecule has 0 radical (unpaired) electrons. The summed E-state index contributed by atoms with van der Waals surface area (Å²) in [4.78, 5) is 0.374. The Kier molecular flexibility index (Phi) is 4.17. The Balaban J connectivity index is 1.96. The summed E-state index contributed by atoms with van der Waals surface area (Å²) in [6, 6.07) is 7.31. The van der Waals surface area contributed by atoms with Crippen molar-refractivity contribution in [3.63, 3.8) is 0 Å². The molecule has 2 aliphatic rings. The molecule has 1 aliphatic heterocycles. The van der Waals surface area contributed by atoms with Crippen LogP contribution in [-0.4, -0.2) is 38.0 Å². The average molecular weight is 360 g/mol. The molecule has 1 aromatic carbocycles. The lowest BCUT2D eigenvalue weighted by atomic mass is 10.1. The molecular formula is C14H18BrNO3S. The number of ether oxygens (including phenoxy) is 1. The monoisotopic (exact) mass is 359 g/mol. The quantitative estimate of drug-likeness (QED) is 0.830. The maximum absolute atomic E-state index is 13.0. The number of benzene rings is 1. The molecule has 0 spiro atoms. The van der Waals surface area contributed by atoms with Crippen LogP contribution in [0.1, 0.15) is 25.7 Å². The van der Waals surface area contributed by atoms with Gasteiger partial charge in [-0.25, -0.2) is 8.42 Å². The van der Waals surface area contributed by atoms with E-state index in [1.165, 1.54) is 0 Å². The first-order chi connectivity index (χ1) is 9.60. The van der Waals surface area contributed by atoms with Crippen molar-refractivity contribution in [3.05, 3.63) is 28.7 Å². The molecule has 0 aromatic heterocycles. The Morgan fingerprint density at radius 3 is 2.25 bits per heavy atom. The summed E-state index contributed by atoms with van der Waals surface area (Å²) in [5, 5.41) is 0. The van der Waals surface area contributed by atoms with E-state index in [-0.39, 0.29) is 12.1 Å². The lowest BCUT2D eigenvalue weighted by Crippen LogP contribution is -2.44. The van der Waals surface area contributed by atoms with Crippen LogP contribution in [0.3, 0.4) is 0 Å². The van der Waals surface area contributed by atoms with E-state index in [9.17, 15) is 8.42 Å². The lowest BCUT2D eigenvalue weighted by Gasteiger charge is -2.33. The molecule has 0 atom stereocenters. The van der Waals surface area contributed by atoms with Crippen LogP contribution in [0.4, 0.5) is 0 Å². The highest BCUT2D eigenvalue weighted by molar-refractivity contribution is 9.10. The van der Waals surface area contributed by atoms with Crippen molar-refractivity contribution in [3.8, 4) is 0 Å². The maximum atomic E-state index is 13.0. The maximum Gasteiger partial charge on any atom is 0.244 e. The van der Waals surface area contributed by atoms with Crippen molar-refractivity contribution in [2.75, 3.05) is 13.2 Å². The van der Waals surface area contributed by atoms with Gasteiger partial charge in [0.2, 0.25) is 10.0 Å². The Hall–Kier alpha value is -0.430. The van der Waals surface area contributed by atoms with E-state index in [1.807, 2.05) is 6.07 Å². The van der Waals surface area contributed by atoms with E-state index in [4.69, 9.17) is 4.74 Å². The van der Waals surface area contributed by atoms with Crippen LogP contribution >= 0.6 is 15.9 Å². The first-order valence-electron chi connectivity index (χ1n) is 6.96. The van der Waals surface area contributed by atoms with Crippen molar-refractivity contribution < 1.29 is 13.2 Å². The van der Waals surface area contributed by atoms with Gasteiger partial charge in [-0.05, 0) is 53.7 Å². The van der Waals surface area contributed by atoms with E-state index >= 15 is 0 Å². The summed E-state index contributed by atoms with van der Waals surface area (Å²) in [6.45, 7) is 1.30. The summed E-state index contributed by atoms with van der Waals surface area (Å²) in [5.41, 5.74) is 0. The zero-order valence-electron chi connectivity index (χ0n) is 11.2. The zero-order chi connectivity index (χ0) is 14.2. The number of hydrogen-bond donors (Lipinski definition) is 0. The second-order valence-corrected chi connectivity index (χ2v) is 8.01. The third kappa shape index (κ3) is 2.79. The van der Waals surface area contributed by atoms with Crippen molar-refractivity contribution in [1.82, 2.24) is 4.31 Å². The predicted octanol–water partition coefficient (Wildman–Crippen LogP) is 2.78. The molecule has 20 heavy (non-hydrogen) atoms. The molecule has 0 N–H and O–H groups in total. The van der Waals surface area contributed by atoms with E-state index < -0.39 is 10.0 Å². The summed E-state index contributed by atoms with van der Waals surface area (Å²) in [6.07, 6.45) is 3.53. The van der Waals surface area contributed by atoms with Crippen molar-refractivity contribution >= 4 is 26.0 Å². The molecule has 1 saturated heterocycles. The smallest absolute Gasteiger partial charge is 0.244 e. The van der Waals surface area contributed by atoms with E-state index in [1.54, 1.807) is 22.5 Å². The minimum atomic E-state index is -3.44. The fourth-order valence-electron chi connectivity index (χ4n) is 2.73. The Labute approximate surface area is 128 Å². The highest BCUT2D eigenvalue weighted by Gasteiger charge is 2.43. The molecular weight excluding hydrogens is 342 g/mol. The second kappa shape index (κ2) is 5.75. The Morgan fingerprint density at radius 2 is 1.65 bits per heavy atom. The van der Waals surface area contributed by atoms with Crippen LogP contribution in [0, 0.1) is 0 Å². The Morgan fingerprint density at radius 1 is 1.05 bits per heavy atom. The highest BCUT2D eigenvalue weighted by atomic mass is 79.9. The fraction of sp³-hybridized carbons (Fsp3) is 0.571. The molecule has 1 aromatic rings. The van der Waals surface area contributed by atoms with Crippen LogP contribution in [0.25, 0.3) is 0 Å². The lowest BCUT2D eigenvalue weighted by molar-refractivity contribution is 0.0569. The van der Waals surface area contributed by atoms with Gasteiger partial charge in [0.15, 0.2) is 0 Å². The molecule has 1 aliphatic carbocycles. The second-order valence-electron chi connectivity index (χ2n) is 5.34. The first-order valence-corrected chi connectivity index (χ1v) is 9.20. The number of sulfonamides is 1. The molecule has 1 saturated carbocycles. The van der Waals surface area contributed by atoms with Crippen LogP contribution < -0.4 is 0 Å². The molecule has 6 heteroatoms. The topological polar surface area (TPSA) is 46.6 Å². The molecule has 0 bridgehead atoms. The van der Waals surface area contributed by atoms with Crippen molar-refractivity contribution in [2.45, 2.75) is 42.7 Å². The standard InChI is InChI=1S/C14H18BrNO3S/c15-13-3-1-2-4-14(13)20(17,18)16(11-5-6-11)12-7-9-19-10-8-12/h1-4,11-12H,5-10H2. The van der Waals surface area contributed by atoms with Gasteiger partial charge in [-0.1, -0.05) is 12.1 Å². The molecule has 110 valence electrons. The van der Waals surface area contributed by atoms with Gasteiger partial charge in [-0.3, -0.25) is 0 Å². The molecule has 0 unspecified atom stereocenters. The predicted molar refractivity (Wildman–Crippen MR) is 80.0 cm³/mol. The van der Waals surface area contributed by atoms with Gasteiger partial charge in [0, 0.05) is 29.8 Å². The van der Waals surface area contributed by atoms with Crippen LogP contribution in [0.2, 0.25) is 0 Å². The van der Waals surface area contributed by atoms with Gasteiger partial charge in [0.1, 0.15) is 0 Å². The normalized spacial score (nSPS) is 21.3. The van der Waals surface area contributed by atoms with Gasteiger partial charge in [-0.15, -0.1) is 0 Å². The Bertz CT molecular complexity index is 580. The first kappa shape index (κ1) is 14.5. The number of rotatable bonds is 4. The van der Waals surface area contributed by atoms with Crippen molar-refractivity contribution in [2.24, 2.45) is 0 Å². The third-order valence-corrected chi connectivity index (χ3v) is 6.87. The largest absolute Gasteiger partial charge is 0.381 e. The highest BCUT2D eigenvalue weighted by Crippen LogP contribution is 2.37. The average Bonchev–Trinajstić information content (AvgIpc) is 3.25. The molecule has 0 amide bonds. The van der Waals surface area contributed by atoms with Gasteiger partial charge >= 0.3 is 0 Å². The van der Waals surface area contributed by atoms with E-state index in [2.05, 4.69) is 15.9 Å². The molecule has 4 nitrogen and oxygen atoms in total. The molecule has 3 rings (SSSR count). The summed E-state index contributed by atoms with van der Waals surface area (Å²) < 4.78 is 33.7. The SMILES string of the molecule is O=S(=O)(c1ccccc1Br)N(C1CCOCC1)C1CC1. The van der Waals surface area contributed by atoms with E-state index in [0.29, 0.717) is 22.6 Å². The van der Waals surface area contributed by atoms with Crippen molar-refractivity contribution in [1.29, 1.82) is 0 Å². The zero-order valence-corrected chi connectivity index (χ0v) is 13.6. The van der Waals surface area contributed by atoms with Gasteiger partial charge in [0.05, 0.1) is 4.90 Å². The van der Waals surface area contributed by atoms with Crippen LogP contribution in [0.15, 0.2) is 33.6 Å². The van der Waals surface area contributed by atoms with Crippen LogP contribution in [0.5, 0.6) is 0 Å².